The Bertz CT molecular complexity index is 383. The molecule has 1 fully saturated rings. The Labute approximate surface area is 104 Å². The van der Waals surface area contributed by atoms with Crippen LogP contribution in [-0.2, 0) is 6.54 Å². The van der Waals surface area contributed by atoms with Crippen molar-refractivity contribution in [2.24, 2.45) is 5.92 Å². The molecule has 4 nitrogen and oxygen atoms in total. The van der Waals surface area contributed by atoms with Crippen LogP contribution >= 0.6 is 15.9 Å². The van der Waals surface area contributed by atoms with Crippen LogP contribution in [0.15, 0.2) is 10.7 Å². The van der Waals surface area contributed by atoms with Crippen molar-refractivity contribution in [2.45, 2.75) is 26.3 Å². The highest BCUT2D eigenvalue weighted by Gasteiger charge is 2.26. The predicted molar refractivity (Wildman–Crippen MR) is 65.5 cm³/mol. The van der Waals surface area contributed by atoms with Crippen LogP contribution in [0, 0.1) is 5.92 Å². The lowest BCUT2D eigenvalue weighted by molar-refractivity contribution is 0.0887. The lowest BCUT2D eigenvalue weighted by Gasteiger charge is -2.21. The maximum atomic E-state index is 12.3. The zero-order chi connectivity index (χ0) is 11.5. The number of piperidine rings is 1. The second-order valence-electron chi connectivity index (χ2n) is 4.06. The largest absolute Gasteiger partial charge is 0.316 e. The Kier molecular flexibility index (Phi) is 3.76. The van der Waals surface area contributed by atoms with Crippen LogP contribution in [0.25, 0.3) is 0 Å². The van der Waals surface area contributed by atoms with E-state index in [9.17, 15) is 4.79 Å². The molecule has 1 aromatic rings. The van der Waals surface area contributed by atoms with Crippen LogP contribution in [0.5, 0.6) is 0 Å². The van der Waals surface area contributed by atoms with Crippen LogP contribution in [0.2, 0.25) is 0 Å². The zero-order valence-electron chi connectivity index (χ0n) is 9.37. The van der Waals surface area contributed by atoms with E-state index < -0.39 is 0 Å². The first kappa shape index (κ1) is 11.8. The molecule has 1 saturated heterocycles. The highest BCUT2D eigenvalue weighted by molar-refractivity contribution is 9.10. The molecule has 0 aliphatic carbocycles. The third-order valence-corrected chi connectivity index (χ3v) is 3.58. The molecule has 1 atom stereocenters. The second-order valence-corrected chi connectivity index (χ2v) is 4.92. The van der Waals surface area contributed by atoms with Crippen molar-refractivity contribution in [3.8, 4) is 0 Å². The Morgan fingerprint density at radius 3 is 3.19 bits per heavy atom. The van der Waals surface area contributed by atoms with Gasteiger partial charge in [0, 0.05) is 19.0 Å². The van der Waals surface area contributed by atoms with Gasteiger partial charge >= 0.3 is 0 Å². The minimum atomic E-state index is 0.104. The van der Waals surface area contributed by atoms with E-state index in [4.69, 9.17) is 0 Å². The van der Waals surface area contributed by atoms with E-state index >= 15 is 0 Å². The fraction of sp³-hybridized carbons (Fsp3) is 0.636. The number of aromatic nitrogens is 2. The Morgan fingerprint density at radius 2 is 2.56 bits per heavy atom. The van der Waals surface area contributed by atoms with Gasteiger partial charge in [0.05, 0.1) is 10.7 Å². The summed E-state index contributed by atoms with van der Waals surface area (Å²) in [5, 5.41) is 7.45. The molecule has 2 rings (SSSR count). The molecular weight excluding hydrogens is 270 g/mol. The van der Waals surface area contributed by atoms with Crippen LogP contribution in [0.1, 0.15) is 30.3 Å². The molecule has 1 aliphatic heterocycles. The van der Waals surface area contributed by atoms with Gasteiger partial charge in [-0.3, -0.25) is 9.48 Å². The van der Waals surface area contributed by atoms with Crippen LogP contribution in [-0.4, -0.2) is 28.7 Å². The number of carbonyl (C=O) groups excluding carboxylic acids is 1. The standard InChI is InChI=1S/C11H16BrN3O/c1-2-15-10(9(12)7-14-15)11(16)8-4-3-5-13-6-8/h7-8,13H,2-6H2,1H3. The quantitative estimate of drug-likeness (QED) is 0.863. The zero-order valence-corrected chi connectivity index (χ0v) is 11.0. The Hall–Kier alpha value is -0.680. The molecule has 0 amide bonds. The molecular formula is C11H16BrN3O. The average molecular weight is 286 g/mol. The predicted octanol–water partition coefficient (Wildman–Crippen LogP) is 1.85. The van der Waals surface area contributed by atoms with Crippen molar-refractivity contribution in [1.29, 1.82) is 0 Å². The summed E-state index contributed by atoms with van der Waals surface area (Å²) in [7, 11) is 0. The minimum Gasteiger partial charge on any atom is -0.316 e. The maximum absolute atomic E-state index is 12.3. The van der Waals surface area contributed by atoms with Crippen molar-refractivity contribution in [2.75, 3.05) is 13.1 Å². The lowest BCUT2D eigenvalue weighted by atomic mass is 9.93. The molecule has 1 unspecified atom stereocenters. The van der Waals surface area contributed by atoms with Crippen molar-refractivity contribution in [3.05, 3.63) is 16.4 Å². The number of Topliss-reactive ketones (excluding diaryl/α,β-unsaturated/α-hetero) is 1. The first-order chi connectivity index (χ1) is 7.74. The number of nitrogens with zero attached hydrogens (tertiary/aromatic N) is 2. The number of ketones is 1. The first-order valence-electron chi connectivity index (χ1n) is 5.70. The molecule has 0 saturated carbocycles. The maximum Gasteiger partial charge on any atom is 0.186 e. The van der Waals surface area contributed by atoms with E-state index in [1.54, 1.807) is 10.9 Å². The van der Waals surface area contributed by atoms with Crippen molar-refractivity contribution in [1.82, 2.24) is 15.1 Å². The van der Waals surface area contributed by atoms with E-state index in [0.717, 1.165) is 42.6 Å². The van der Waals surface area contributed by atoms with E-state index in [1.807, 2.05) is 6.92 Å². The summed E-state index contributed by atoms with van der Waals surface area (Å²) in [4.78, 5) is 12.3. The smallest absolute Gasteiger partial charge is 0.186 e. The van der Waals surface area contributed by atoms with Crippen LogP contribution in [0.4, 0.5) is 0 Å². The Balaban J connectivity index is 2.21. The SMILES string of the molecule is CCn1ncc(Br)c1C(=O)C1CCCNC1. The van der Waals surface area contributed by atoms with Gasteiger partial charge in [-0.2, -0.15) is 5.10 Å². The molecule has 1 aliphatic rings. The summed E-state index contributed by atoms with van der Waals surface area (Å²) < 4.78 is 2.58. The normalized spacial score (nSPS) is 21.0. The van der Waals surface area contributed by atoms with E-state index in [-0.39, 0.29) is 11.7 Å². The van der Waals surface area contributed by atoms with E-state index in [1.165, 1.54) is 0 Å². The average Bonchev–Trinajstić information content (AvgIpc) is 2.70. The van der Waals surface area contributed by atoms with Crippen LogP contribution in [0.3, 0.4) is 0 Å². The summed E-state index contributed by atoms with van der Waals surface area (Å²) in [6.07, 6.45) is 3.76. The highest BCUT2D eigenvalue weighted by atomic mass is 79.9. The van der Waals surface area contributed by atoms with Gasteiger partial charge in [-0.15, -0.1) is 0 Å². The number of halogens is 1. The van der Waals surface area contributed by atoms with E-state index in [0.29, 0.717) is 0 Å². The van der Waals surface area contributed by atoms with Gasteiger partial charge in [-0.05, 0) is 42.2 Å². The molecule has 88 valence electrons. The molecule has 0 radical (unpaired) electrons. The molecule has 5 heteroatoms. The summed E-state index contributed by atoms with van der Waals surface area (Å²) in [6, 6.07) is 0. The topological polar surface area (TPSA) is 46.9 Å². The highest BCUT2D eigenvalue weighted by Crippen LogP contribution is 2.22. The summed E-state index contributed by atoms with van der Waals surface area (Å²) in [6.45, 7) is 4.54. The molecule has 2 heterocycles. The number of carbonyl (C=O) groups is 1. The molecule has 1 aromatic heterocycles. The number of hydrogen-bond acceptors (Lipinski definition) is 3. The second kappa shape index (κ2) is 5.10. The third kappa shape index (κ3) is 2.20. The first-order valence-corrected chi connectivity index (χ1v) is 6.49. The Morgan fingerprint density at radius 1 is 1.75 bits per heavy atom. The van der Waals surface area contributed by atoms with Gasteiger partial charge in [0.25, 0.3) is 0 Å². The van der Waals surface area contributed by atoms with Gasteiger partial charge in [0.1, 0.15) is 5.69 Å². The lowest BCUT2D eigenvalue weighted by Crippen LogP contribution is -2.35. The monoisotopic (exact) mass is 285 g/mol. The summed E-state index contributed by atoms with van der Waals surface area (Å²) in [5.74, 6) is 0.311. The fourth-order valence-electron chi connectivity index (χ4n) is 2.12. The number of aryl methyl sites for hydroxylation is 1. The molecule has 0 aromatic carbocycles. The van der Waals surface area contributed by atoms with E-state index in [2.05, 4.69) is 26.3 Å². The number of rotatable bonds is 3. The molecule has 1 N–H and O–H groups in total. The van der Waals surface area contributed by atoms with Crippen molar-refractivity contribution >= 4 is 21.7 Å². The van der Waals surface area contributed by atoms with Crippen molar-refractivity contribution < 1.29 is 4.79 Å². The molecule has 16 heavy (non-hydrogen) atoms. The number of hydrogen-bond donors (Lipinski definition) is 1. The van der Waals surface area contributed by atoms with Gasteiger partial charge in [0.2, 0.25) is 0 Å². The summed E-state index contributed by atoms with van der Waals surface area (Å²) in [5.41, 5.74) is 0.719. The fourth-order valence-corrected chi connectivity index (χ4v) is 2.61. The van der Waals surface area contributed by atoms with Gasteiger partial charge in [-0.1, -0.05) is 0 Å². The third-order valence-electron chi connectivity index (χ3n) is 3.00. The van der Waals surface area contributed by atoms with Gasteiger partial charge in [-0.25, -0.2) is 0 Å². The molecule has 0 bridgehead atoms. The summed E-state index contributed by atoms with van der Waals surface area (Å²) >= 11 is 3.40. The number of nitrogens with one attached hydrogen (secondary N) is 1. The molecule has 0 spiro atoms. The van der Waals surface area contributed by atoms with Gasteiger partial charge < -0.3 is 5.32 Å². The minimum absolute atomic E-state index is 0.104. The van der Waals surface area contributed by atoms with Gasteiger partial charge in [0.15, 0.2) is 5.78 Å². The van der Waals surface area contributed by atoms with Crippen molar-refractivity contribution in [3.63, 3.8) is 0 Å². The van der Waals surface area contributed by atoms with Crippen LogP contribution < -0.4 is 5.32 Å².